The highest BCUT2D eigenvalue weighted by Gasteiger charge is 2.40. The lowest BCUT2D eigenvalue weighted by Crippen LogP contribution is -2.55. The second-order valence-electron chi connectivity index (χ2n) is 6.28. The first-order valence-corrected chi connectivity index (χ1v) is 6.82. The number of benzene rings is 1. The summed E-state index contributed by atoms with van der Waals surface area (Å²) in [7, 11) is 1.67. The lowest BCUT2D eigenvalue weighted by molar-refractivity contribution is -0.132. The van der Waals surface area contributed by atoms with Crippen LogP contribution in [-0.2, 0) is 22.7 Å². The first kappa shape index (κ1) is 16.7. The van der Waals surface area contributed by atoms with Crippen molar-refractivity contribution in [3.63, 3.8) is 0 Å². The topological polar surface area (TPSA) is 64.3 Å². The zero-order valence-corrected chi connectivity index (χ0v) is 13.1. The molecular weight excluding hydrogens is 252 g/mol. The molecule has 1 aromatic carbocycles. The number of hydrogen-bond donors (Lipinski definition) is 2. The molecule has 0 fully saturated rings. The highest BCUT2D eigenvalue weighted by atomic mass is 16.5. The molecule has 0 aromatic heterocycles. The number of amides is 1. The predicted octanol–water partition coefficient (Wildman–Crippen LogP) is 2.21. The van der Waals surface area contributed by atoms with Crippen molar-refractivity contribution < 1.29 is 9.53 Å². The molecule has 1 rings (SSSR count). The van der Waals surface area contributed by atoms with Crippen molar-refractivity contribution in [3.05, 3.63) is 35.4 Å². The third kappa shape index (κ3) is 4.05. The lowest BCUT2D eigenvalue weighted by Gasteiger charge is -2.36. The Labute approximate surface area is 121 Å². The van der Waals surface area contributed by atoms with Crippen molar-refractivity contribution in [3.8, 4) is 0 Å². The van der Waals surface area contributed by atoms with E-state index >= 15 is 0 Å². The molecule has 0 heterocycles. The summed E-state index contributed by atoms with van der Waals surface area (Å²) in [5.74, 6) is -0.0397. The van der Waals surface area contributed by atoms with E-state index in [0.29, 0.717) is 13.2 Å². The second-order valence-corrected chi connectivity index (χ2v) is 6.28. The Balaban J connectivity index is 2.68. The minimum absolute atomic E-state index is 0.0397. The van der Waals surface area contributed by atoms with Crippen molar-refractivity contribution in [1.82, 2.24) is 5.32 Å². The van der Waals surface area contributed by atoms with E-state index in [1.807, 2.05) is 52.0 Å². The van der Waals surface area contributed by atoms with Gasteiger partial charge in [-0.3, -0.25) is 4.79 Å². The van der Waals surface area contributed by atoms with Crippen LogP contribution in [0.2, 0.25) is 0 Å². The number of rotatable bonds is 6. The van der Waals surface area contributed by atoms with Crippen molar-refractivity contribution in [2.45, 2.75) is 46.4 Å². The molecule has 1 aromatic rings. The van der Waals surface area contributed by atoms with Gasteiger partial charge in [0.05, 0.1) is 12.0 Å². The average Bonchev–Trinajstić information content (AvgIpc) is 2.35. The van der Waals surface area contributed by atoms with Crippen molar-refractivity contribution in [2.75, 3.05) is 7.11 Å². The summed E-state index contributed by atoms with van der Waals surface area (Å²) in [4.78, 5) is 12.3. The predicted molar refractivity (Wildman–Crippen MR) is 81.0 cm³/mol. The number of carbonyl (C=O) groups excluding carboxylic acids is 1. The maximum Gasteiger partial charge on any atom is 0.227 e. The maximum atomic E-state index is 12.3. The highest BCUT2D eigenvalue weighted by Crippen LogP contribution is 2.28. The average molecular weight is 278 g/mol. The summed E-state index contributed by atoms with van der Waals surface area (Å²) in [5, 5.41) is 2.96. The smallest absolute Gasteiger partial charge is 0.227 e. The quantitative estimate of drug-likeness (QED) is 0.838. The number of methoxy groups -OCH3 is 1. The van der Waals surface area contributed by atoms with Gasteiger partial charge in [-0.25, -0.2) is 0 Å². The Bertz CT molecular complexity index is 462. The summed E-state index contributed by atoms with van der Waals surface area (Å²) < 4.78 is 5.10. The normalized spacial score (nSPS) is 12.3. The van der Waals surface area contributed by atoms with Gasteiger partial charge in [0.1, 0.15) is 0 Å². The Morgan fingerprint density at radius 2 is 1.85 bits per heavy atom. The van der Waals surface area contributed by atoms with E-state index in [1.165, 1.54) is 0 Å². The molecule has 1 amide bonds. The number of nitrogens with one attached hydrogen (secondary N) is 1. The molecule has 4 nitrogen and oxygen atoms in total. The van der Waals surface area contributed by atoms with E-state index in [0.717, 1.165) is 11.1 Å². The number of hydrogen-bond acceptors (Lipinski definition) is 3. The fourth-order valence-corrected chi connectivity index (χ4v) is 1.69. The molecule has 3 N–H and O–H groups in total. The molecular formula is C16H26N2O2. The minimum atomic E-state index is -0.628. The van der Waals surface area contributed by atoms with Crippen LogP contribution in [0.3, 0.4) is 0 Å². The van der Waals surface area contributed by atoms with Gasteiger partial charge in [-0.1, -0.05) is 24.3 Å². The van der Waals surface area contributed by atoms with Gasteiger partial charge in [0.15, 0.2) is 0 Å². The largest absolute Gasteiger partial charge is 0.380 e. The molecule has 0 saturated heterocycles. The Kier molecular flexibility index (Phi) is 5.31. The van der Waals surface area contributed by atoms with E-state index in [-0.39, 0.29) is 5.91 Å². The number of nitrogens with two attached hydrogens (primary N) is 1. The van der Waals surface area contributed by atoms with E-state index in [4.69, 9.17) is 10.5 Å². The molecule has 0 radical (unpaired) electrons. The number of carbonyl (C=O) groups is 1. The molecule has 112 valence electrons. The van der Waals surface area contributed by atoms with E-state index in [2.05, 4.69) is 5.32 Å². The Hall–Kier alpha value is -1.39. The van der Waals surface area contributed by atoms with Gasteiger partial charge in [0.25, 0.3) is 0 Å². The third-order valence-corrected chi connectivity index (χ3v) is 3.93. The Morgan fingerprint density at radius 3 is 2.40 bits per heavy atom. The van der Waals surface area contributed by atoms with Crippen molar-refractivity contribution in [2.24, 2.45) is 11.1 Å². The van der Waals surface area contributed by atoms with Crippen LogP contribution >= 0.6 is 0 Å². The van der Waals surface area contributed by atoms with Crippen LogP contribution in [-0.4, -0.2) is 18.6 Å². The minimum Gasteiger partial charge on any atom is -0.380 e. The zero-order valence-electron chi connectivity index (χ0n) is 13.1. The molecule has 0 saturated carbocycles. The SMILES string of the molecule is COCc1cccc(CNC(=O)C(C)(C)C(C)(C)N)c1. The van der Waals surface area contributed by atoms with Gasteiger partial charge in [-0.2, -0.15) is 0 Å². The van der Waals surface area contributed by atoms with Crippen LogP contribution < -0.4 is 11.1 Å². The van der Waals surface area contributed by atoms with Crippen LogP contribution in [0.25, 0.3) is 0 Å². The first-order chi connectivity index (χ1) is 9.18. The van der Waals surface area contributed by atoms with Gasteiger partial charge < -0.3 is 15.8 Å². The first-order valence-electron chi connectivity index (χ1n) is 6.82. The second kappa shape index (κ2) is 6.37. The molecule has 20 heavy (non-hydrogen) atoms. The van der Waals surface area contributed by atoms with Crippen molar-refractivity contribution in [1.29, 1.82) is 0 Å². The fourth-order valence-electron chi connectivity index (χ4n) is 1.69. The summed E-state index contributed by atoms with van der Waals surface area (Å²) >= 11 is 0. The third-order valence-electron chi connectivity index (χ3n) is 3.93. The van der Waals surface area contributed by atoms with E-state index < -0.39 is 11.0 Å². The molecule has 0 aliphatic rings. The fraction of sp³-hybridized carbons (Fsp3) is 0.562. The molecule has 0 aliphatic carbocycles. The van der Waals surface area contributed by atoms with Crippen LogP contribution in [0.5, 0.6) is 0 Å². The van der Waals surface area contributed by atoms with Gasteiger partial charge in [0.2, 0.25) is 5.91 Å². The van der Waals surface area contributed by atoms with Crippen LogP contribution in [0.1, 0.15) is 38.8 Å². The monoisotopic (exact) mass is 278 g/mol. The molecule has 0 aliphatic heterocycles. The van der Waals surface area contributed by atoms with E-state index in [9.17, 15) is 4.79 Å². The number of ether oxygens (including phenoxy) is 1. The summed E-state index contributed by atoms with van der Waals surface area (Å²) in [5.41, 5.74) is 7.02. The van der Waals surface area contributed by atoms with Gasteiger partial charge in [-0.15, -0.1) is 0 Å². The molecule has 0 bridgehead atoms. The van der Waals surface area contributed by atoms with Crippen LogP contribution in [0.4, 0.5) is 0 Å². The van der Waals surface area contributed by atoms with Gasteiger partial charge >= 0.3 is 0 Å². The summed E-state index contributed by atoms with van der Waals surface area (Å²) in [6.07, 6.45) is 0. The highest BCUT2D eigenvalue weighted by molar-refractivity contribution is 5.83. The van der Waals surface area contributed by atoms with Crippen LogP contribution in [0, 0.1) is 5.41 Å². The van der Waals surface area contributed by atoms with E-state index in [1.54, 1.807) is 7.11 Å². The summed E-state index contributed by atoms with van der Waals surface area (Å²) in [6, 6.07) is 7.99. The standard InChI is InChI=1S/C16H26N2O2/c1-15(2,16(3,4)17)14(19)18-10-12-7-6-8-13(9-12)11-20-5/h6-9H,10-11,17H2,1-5H3,(H,18,19). The molecule has 0 spiro atoms. The van der Waals surface area contributed by atoms with Gasteiger partial charge in [0, 0.05) is 19.2 Å². The molecule has 0 unspecified atom stereocenters. The molecule has 0 atom stereocenters. The van der Waals surface area contributed by atoms with Crippen molar-refractivity contribution >= 4 is 5.91 Å². The zero-order chi connectivity index (χ0) is 15.4. The maximum absolute atomic E-state index is 12.3. The lowest BCUT2D eigenvalue weighted by atomic mass is 9.74. The molecule has 4 heteroatoms. The van der Waals surface area contributed by atoms with Crippen LogP contribution in [0.15, 0.2) is 24.3 Å². The summed E-state index contributed by atoms with van der Waals surface area (Å²) in [6.45, 7) is 8.53. The Morgan fingerprint density at radius 1 is 1.25 bits per heavy atom. The van der Waals surface area contributed by atoms with Gasteiger partial charge in [-0.05, 0) is 38.8 Å².